The number of thiophene rings is 1. The maximum absolute atomic E-state index is 12.1. The highest BCUT2D eigenvalue weighted by atomic mass is 35.5. The van der Waals surface area contributed by atoms with Crippen LogP contribution in [-0.4, -0.2) is 16.9 Å². The van der Waals surface area contributed by atoms with Crippen molar-refractivity contribution in [2.45, 2.75) is 19.6 Å². The second-order valence-corrected chi connectivity index (χ2v) is 7.45. The Bertz CT molecular complexity index is 953. The van der Waals surface area contributed by atoms with Gasteiger partial charge in [-0.3, -0.25) is 9.59 Å². The molecule has 0 spiro atoms. The van der Waals surface area contributed by atoms with E-state index in [0.29, 0.717) is 21.3 Å². The van der Waals surface area contributed by atoms with Gasteiger partial charge in [-0.1, -0.05) is 17.7 Å². The van der Waals surface area contributed by atoms with Gasteiger partial charge in [0, 0.05) is 20.5 Å². The number of furan rings is 1. The number of carbonyl (C=O) groups excluding carboxylic acids is 2. The van der Waals surface area contributed by atoms with Gasteiger partial charge < -0.3 is 20.2 Å². The van der Waals surface area contributed by atoms with Crippen LogP contribution in [-0.2, 0) is 16.1 Å². The lowest BCUT2D eigenvalue weighted by molar-refractivity contribution is -0.136. The van der Waals surface area contributed by atoms with Gasteiger partial charge in [0.25, 0.3) is 0 Å². The van der Waals surface area contributed by atoms with E-state index >= 15 is 0 Å². The van der Waals surface area contributed by atoms with Crippen LogP contribution in [0.15, 0.2) is 53.1 Å². The number of aryl methyl sites for hydroxylation is 1. The van der Waals surface area contributed by atoms with E-state index in [0.717, 1.165) is 10.4 Å². The Balaban J connectivity index is 1.56. The number of rotatable bonds is 5. The first-order valence-corrected chi connectivity index (χ1v) is 9.29. The Morgan fingerprint density at radius 2 is 2.04 bits per heavy atom. The minimum Gasteiger partial charge on any atom is -0.466 e. The summed E-state index contributed by atoms with van der Waals surface area (Å²) in [6, 6.07) is 12.0. The van der Waals surface area contributed by atoms with Crippen LogP contribution in [0.3, 0.4) is 0 Å². The third-order valence-electron chi connectivity index (χ3n) is 3.84. The van der Waals surface area contributed by atoms with Gasteiger partial charge in [-0.25, -0.2) is 0 Å². The van der Waals surface area contributed by atoms with Crippen molar-refractivity contribution in [3.8, 4) is 0 Å². The van der Waals surface area contributed by atoms with Crippen molar-refractivity contribution in [3.05, 3.63) is 74.8 Å². The summed E-state index contributed by atoms with van der Waals surface area (Å²) >= 11 is 7.24. The number of benzene rings is 1. The zero-order chi connectivity index (χ0) is 19.4. The number of halogens is 1. The number of aliphatic hydroxyl groups is 1. The summed E-state index contributed by atoms with van der Waals surface area (Å²) in [5, 5.41) is 15.8. The Morgan fingerprint density at radius 1 is 1.22 bits per heavy atom. The molecule has 1 aromatic carbocycles. The normalized spacial score (nSPS) is 11.8. The van der Waals surface area contributed by atoms with E-state index in [2.05, 4.69) is 10.6 Å². The van der Waals surface area contributed by atoms with Crippen molar-refractivity contribution in [1.82, 2.24) is 5.32 Å². The largest absolute Gasteiger partial charge is 0.466 e. The number of hydrogen-bond donors (Lipinski definition) is 3. The van der Waals surface area contributed by atoms with E-state index in [1.165, 1.54) is 17.6 Å². The molecule has 8 heteroatoms. The quantitative estimate of drug-likeness (QED) is 0.566. The van der Waals surface area contributed by atoms with Gasteiger partial charge in [-0.05, 0) is 48.9 Å². The highest BCUT2D eigenvalue weighted by molar-refractivity contribution is 7.12. The van der Waals surface area contributed by atoms with Crippen molar-refractivity contribution in [2.75, 3.05) is 5.32 Å². The molecule has 0 bridgehead atoms. The SMILES string of the molecule is Cc1ccc(Cl)cc1NC(=O)C(=O)NCc1ccc(C(O)c2ccco2)s1. The molecule has 1 atom stereocenters. The molecule has 0 saturated carbocycles. The zero-order valence-corrected chi connectivity index (χ0v) is 15.9. The Labute approximate surface area is 164 Å². The van der Waals surface area contributed by atoms with Crippen molar-refractivity contribution >= 4 is 40.4 Å². The first-order valence-electron chi connectivity index (χ1n) is 8.09. The van der Waals surface area contributed by atoms with Gasteiger partial charge in [0.15, 0.2) is 0 Å². The van der Waals surface area contributed by atoms with Gasteiger partial charge in [0.05, 0.1) is 12.8 Å². The van der Waals surface area contributed by atoms with E-state index in [-0.39, 0.29) is 6.54 Å². The highest BCUT2D eigenvalue weighted by Gasteiger charge is 2.17. The molecule has 0 aliphatic carbocycles. The van der Waals surface area contributed by atoms with Gasteiger partial charge in [-0.2, -0.15) is 0 Å². The highest BCUT2D eigenvalue weighted by Crippen LogP contribution is 2.28. The van der Waals surface area contributed by atoms with E-state index in [1.54, 1.807) is 49.4 Å². The minimum atomic E-state index is -0.858. The van der Waals surface area contributed by atoms with E-state index < -0.39 is 17.9 Å². The molecular formula is C19H17ClN2O4S. The van der Waals surface area contributed by atoms with Gasteiger partial charge >= 0.3 is 11.8 Å². The van der Waals surface area contributed by atoms with Crippen molar-refractivity contribution in [1.29, 1.82) is 0 Å². The van der Waals surface area contributed by atoms with Crippen molar-refractivity contribution in [3.63, 3.8) is 0 Å². The predicted octanol–water partition coefficient (Wildman–Crippen LogP) is 3.64. The molecule has 3 aromatic rings. The van der Waals surface area contributed by atoms with E-state index in [1.807, 2.05) is 0 Å². The molecule has 0 aliphatic heterocycles. The third kappa shape index (κ3) is 4.77. The van der Waals surface area contributed by atoms with Crippen LogP contribution in [0.25, 0.3) is 0 Å². The summed E-state index contributed by atoms with van der Waals surface area (Å²) < 4.78 is 5.19. The van der Waals surface area contributed by atoms with Crippen LogP contribution in [0, 0.1) is 6.92 Å². The van der Waals surface area contributed by atoms with Crippen LogP contribution in [0.4, 0.5) is 5.69 Å². The number of carbonyl (C=O) groups is 2. The average molecular weight is 405 g/mol. The topological polar surface area (TPSA) is 91.6 Å². The van der Waals surface area contributed by atoms with Crippen LogP contribution >= 0.6 is 22.9 Å². The Morgan fingerprint density at radius 3 is 2.78 bits per heavy atom. The molecule has 2 amide bonds. The fourth-order valence-electron chi connectivity index (χ4n) is 2.38. The Hall–Kier alpha value is -2.61. The molecule has 140 valence electrons. The minimum absolute atomic E-state index is 0.177. The lowest BCUT2D eigenvalue weighted by Gasteiger charge is -2.09. The van der Waals surface area contributed by atoms with Gasteiger partial charge in [0.2, 0.25) is 0 Å². The fourth-order valence-corrected chi connectivity index (χ4v) is 3.50. The average Bonchev–Trinajstić information content (AvgIpc) is 3.34. The van der Waals surface area contributed by atoms with E-state index in [4.69, 9.17) is 16.0 Å². The van der Waals surface area contributed by atoms with Gasteiger partial charge in [-0.15, -0.1) is 11.3 Å². The summed E-state index contributed by atoms with van der Waals surface area (Å²) in [4.78, 5) is 25.6. The summed E-state index contributed by atoms with van der Waals surface area (Å²) in [5.41, 5.74) is 1.29. The third-order valence-corrected chi connectivity index (χ3v) is 5.21. The lowest BCUT2D eigenvalue weighted by Crippen LogP contribution is -2.34. The second kappa shape index (κ2) is 8.39. The number of anilines is 1. The molecule has 3 rings (SSSR count). The summed E-state index contributed by atoms with van der Waals surface area (Å²) in [6.07, 6.45) is 0.636. The standard InChI is InChI=1S/C19H17ClN2O4S/c1-11-4-5-12(20)9-14(11)22-19(25)18(24)21-10-13-6-7-16(27-13)17(23)15-3-2-8-26-15/h2-9,17,23H,10H2,1H3,(H,21,24)(H,22,25). The summed E-state index contributed by atoms with van der Waals surface area (Å²) in [6.45, 7) is 1.98. The summed E-state index contributed by atoms with van der Waals surface area (Å²) in [7, 11) is 0. The van der Waals surface area contributed by atoms with E-state index in [9.17, 15) is 14.7 Å². The first-order chi connectivity index (χ1) is 12.9. The van der Waals surface area contributed by atoms with Crippen molar-refractivity contribution in [2.24, 2.45) is 0 Å². The van der Waals surface area contributed by atoms with Crippen LogP contribution < -0.4 is 10.6 Å². The Kier molecular flexibility index (Phi) is 5.95. The van der Waals surface area contributed by atoms with Crippen LogP contribution in [0.1, 0.15) is 27.2 Å². The molecule has 2 aromatic heterocycles. The number of amides is 2. The molecule has 0 aliphatic rings. The number of nitrogens with one attached hydrogen (secondary N) is 2. The molecule has 3 N–H and O–H groups in total. The maximum Gasteiger partial charge on any atom is 0.313 e. The number of hydrogen-bond acceptors (Lipinski definition) is 5. The van der Waals surface area contributed by atoms with Crippen molar-refractivity contribution < 1.29 is 19.1 Å². The molecule has 0 radical (unpaired) electrons. The predicted molar refractivity (Wildman–Crippen MR) is 104 cm³/mol. The summed E-state index contributed by atoms with van der Waals surface area (Å²) in [5.74, 6) is -1.08. The van der Waals surface area contributed by atoms with Gasteiger partial charge in [0.1, 0.15) is 11.9 Å². The lowest BCUT2D eigenvalue weighted by atomic mass is 10.2. The first kappa shape index (κ1) is 19.2. The molecule has 6 nitrogen and oxygen atoms in total. The molecule has 27 heavy (non-hydrogen) atoms. The maximum atomic E-state index is 12.1. The molecular weight excluding hydrogens is 388 g/mol. The van der Waals surface area contributed by atoms with Crippen LogP contribution in [0.2, 0.25) is 5.02 Å². The fraction of sp³-hybridized carbons (Fsp3) is 0.158. The molecule has 0 saturated heterocycles. The zero-order valence-electron chi connectivity index (χ0n) is 14.4. The second-order valence-electron chi connectivity index (χ2n) is 5.82. The smallest absolute Gasteiger partial charge is 0.313 e. The molecule has 0 fully saturated rings. The molecule has 2 heterocycles. The monoisotopic (exact) mass is 404 g/mol. The molecule has 1 unspecified atom stereocenters. The van der Waals surface area contributed by atoms with Crippen LogP contribution in [0.5, 0.6) is 0 Å². The number of aliphatic hydroxyl groups excluding tert-OH is 1.